The average Bonchev–Trinajstić information content (AvgIpc) is 3.05. The van der Waals surface area contributed by atoms with Gasteiger partial charge in [0.05, 0.1) is 17.1 Å². The number of hydrogen-bond acceptors (Lipinski definition) is 2. The van der Waals surface area contributed by atoms with Gasteiger partial charge in [0.25, 0.3) is 5.91 Å². The van der Waals surface area contributed by atoms with E-state index in [-0.39, 0.29) is 11.9 Å². The molecule has 148 valence electrons. The third-order valence-electron chi connectivity index (χ3n) is 8.13. The summed E-state index contributed by atoms with van der Waals surface area (Å²) >= 11 is 6.42. The van der Waals surface area contributed by atoms with Gasteiger partial charge in [0, 0.05) is 11.4 Å². The summed E-state index contributed by atoms with van der Waals surface area (Å²) in [5, 5.41) is 4.99. The molecule has 1 aromatic carbocycles. The Kier molecular flexibility index (Phi) is 3.63. The van der Waals surface area contributed by atoms with E-state index in [1.807, 2.05) is 18.2 Å². The second-order valence-electron chi connectivity index (χ2n) is 9.81. The first kappa shape index (κ1) is 17.2. The fraction of sp³-hybridized carbons (Fsp3) is 0.609. The number of halogens is 1. The molecule has 1 aromatic heterocycles. The van der Waals surface area contributed by atoms with Gasteiger partial charge in [-0.2, -0.15) is 0 Å². The Labute approximate surface area is 170 Å². The molecule has 0 radical (unpaired) electrons. The molecule has 28 heavy (non-hydrogen) atoms. The lowest BCUT2D eigenvalue weighted by molar-refractivity contribution is -0.0688. The minimum atomic E-state index is 0.0309. The molecule has 2 aromatic rings. The number of carbonyl (C=O) groups excluding carboxylic acids is 1. The fourth-order valence-electron chi connectivity index (χ4n) is 7.23. The summed E-state index contributed by atoms with van der Waals surface area (Å²) in [6.45, 7) is 3.51. The largest absolute Gasteiger partial charge is 0.490 e. The highest BCUT2D eigenvalue weighted by Crippen LogP contribution is 2.61. The zero-order valence-corrected chi connectivity index (χ0v) is 17.1. The molecule has 7 rings (SSSR count). The van der Waals surface area contributed by atoms with Crippen LogP contribution in [0, 0.1) is 23.2 Å². The number of nitrogens with zero attached hydrogens (tertiary/aromatic N) is 1. The van der Waals surface area contributed by atoms with Crippen molar-refractivity contribution in [3.63, 3.8) is 0 Å². The van der Waals surface area contributed by atoms with Gasteiger partial charge in [0.1, 0.15) is 18.1 Å². The molecule has 1 amide bonds. The molecule has 4 saturated carbocycles. The number of amides is 1. The van der Waals surface area contributed by atoms with Crippen LogP contribution in [0.15, 0.2) is 18.2 Å². The van der Waals surface area contributed by atoms with E-state index in [2.05, 4.69) is 16.8 Å². The lowest BCUT2D eigenvalue weighted by Gasteiger charge is -2.59. The normalized spacial score (nSPS) is 33.7. The molecule has 4 aliphatic carbocycles. The van der Waals surface area contributed by atoms with Crippen molar-refractivity contribution < 1.29 is 9.53 Å². The summed E-state index contributed by atoms with van der Waals surface area (Å²) in [4.78, 5) is 13.3. The standard InChI is InChI=1S/C23H27ClN2O2/c1-13(23-10-14-6-15(11-23)8-16(7-14)12-23)25-22(27)19-9-17-18(24)2-3-20-21(17)26(19)4-5-28-20/h2-3,9,13-16H,4-8,10-12H2,1H3,(H,25,27)/t13-,14?,15?,16?,23?/m0/s1. The van der Waals surface area contributed by atoms with E-state index < -0.39 is 0 Å². The van der Waals surface area contributed by atoms with Gasteiger partial charge in [-0.3, -0.25) is 4.79 Å². The zero-order chi connectivity index (χ0) is 19.0. The number of carbonyl (C=O) groups is 1. The van der Waals surface area contributed by atoms with Crippen LogP contribution in [0.3, 0.4) is 0 Å². The van der Waals surface area contributed by atoms with Crippen molar-refractivity contribution >= 4 is 28.4 Å². The molecule has 0 saturated heterocycles. The number of hydrogen-bond donors (Lipinski definition) is 1. The first-order valence-corrected chi connectivity index (χ1v) is 11.2. The van der Waals surface area contributed by atoms with E-state index in [1.165, 1.54) is 38.5 Å². The summed E-state index contributed by atoms with van der Waals surface area (Å²) in [7, 11) is 0. The number of benzene rings is 1. The molecule has 1 N–H and O–H groups in total. The molecule has 1 atom stereocenters. The van der Waals surface area contributed by atoms with Crippen molar-refractivity contribution in [1.82, 2.24) is 9.88 Å². The van der Waals surface area contributed by atoms with Crippen molar-refractivity contribution in [3.8, 4) is 5.75 Å². The van der Waals surface area contributed by atoms with Crippen LogP contribution >= 0.6 is 11.6 Å². The molecule has 5 heteroatoms. The third-order valence-corrected chi connectivity index (χ3v) is 8.46. The summed E-state index contributed by atoms with van der Waals surface area (Å²) < 4.78 is 7.86. The predicted molar refractivity (Wildman–Crippen MR) is 110 cm³/mol. The van der Waals surface area contributed by atoms with Gasteiger partial charge < -0.3 is 14.6 Å². The average molecular weight is 399 g/mol. The van der Waals surface area contributed by atoms with Gasteiger partial charge in [0.15, 0.2) is 0 Å². The minimum Gasteiger partial charge on any atom is -0.490 e. The molecule has 2 heterocycles. The van der Waals surface area contributed by atoms with Crippen molar-refractivity contribution in [2.45, 2.75) is 58.0 Å². The van der Waals surface area contributed by atoms with Gasteiger partial charge in [-0.1, -0.05) is 11.6 Å². The van der Waals surface area contributed by atoms with Crippen LogP contribution in [-0.2, 0) is 6.54 Å². The van der Waals surface area contributed by atoms with Crippen LogP contribution in [0.4, 0.5) is 0 Å². The molecule has 5 aliphatic rings. The molecular formula is C23H27ClN2O2. The van der Waals surface area contributed by atoms with E-state index in [0.717, 1.165) is 34.4 Å². The zero-order valence-electron chi connectivity index (χ0n) is 16.3. The summed E-state index contributed by atoms with van der Waals surface area (Å²) in [6.07, 6.45) is 8.17. The first-order chi connectivity index (χ1) is 13.5. The predicted octanol–water partition coefficient (Wildman–Crippen LogP) is 5.02. The van der Waals surface area contributed by atoms with Crippen molar-refractivity contribution in [1.29, 1.82) is 0 Å². The Hall–Kier alpha value is -1.68. The van der Waals surface area contributed by atoms with Gasteiger partial charge in [0.2, 0.25) is 0 Å². The summed E-state index contributed by atoms with van der Waals surface area (Å²) in [5.74, 6) is 3.52. The maximum atomic E-state index is 13.3. The second-order valence-corrected chi connectivity index (χ2v) is 10.2. The number of nitrogens with one attached hydrogen (secondary N) is 1. The number of aromatic nitrogens is 1. The van der Waals surface area contributed by atoms with Crippen molar-refractivity contribution in [3.05, 3.63) is 28.9 Å². The Bertz CT molecular complexity index is 943. The van der Waals surface area contributed by atoms with Gasteiger partial charge >= 0.3 is 0 Å². The van der Waals surface area contributed by atoms with Crippen LogP contribution in [0.1, 0.15) is 55.9 Å². The van der Waals surface area contributed by atoms with Crippen LogP contribution in [-0.4, -0.2) is 23.1 Å². The SMILES string of the molecule is C[C@H](NC(=O)c1cc2c(Cl)ccc3c2n1CCO3)C12CC3CC(CC(C3)C1)C2. The molecular weight excluding hydrogens is 372 g/mol. The van der Waals surface area contributed by atoms with Crippen LogP contribution in [0.5, 0.6) is 5.75 Å². The highest BCUT2D eigenvalue weighted by Gasteiger charge is 2.53. The van der Waals surface area contributed by atoms with Gasteiger partial charge in [-0.05, 0) is 86.8 Å². The first-order valence-electron chi connectivity index (χ1n) is 10.8. The lowest BCUT2D eigenvalue weighted by atomic mass is 9.48. The minimum absolute atomic E-state index is 0.0309. The van der Waals surface area contributed by atoms with Crippen molar-refractivity contribution in [2.75, 3.05) is 6.61 Å². The second kappa shape index (κ2) is 5.91. The van der Waals surface area contributed by atoms with E-state index in [1.54, 1.807) is 0 Å². The van der Waals surface area contributed by atoms with E-state index in [4.69, 9.17) is 16.3 Å². The highest BCUT2D eigenvalue weighted by molar-refractivity contribution is 6.36. The van der Waals surface area contributed by atoms with Crippen molar-refractivity contribution in [2.24, 2.45) is 23.2 Å². The molecule has 1 aliphatic heterocycles. The maximum absolute atomic E-state index is 13.3. The Morgan fingerprint density at radius 2 is 1.89 bits per heavy atom. The summed E-state index contributed by atoms with van der Waals surface area (Å²) in [5.41, 5.74) is 1.97. The fourth-order valence-corrected chi connectivity index (χ4v) is 7.44. The Morgan fingerprint density at radius 3 is 2.57 bits per heavy atom. The monoisotopic (exact) mass is 398 g/mol. The number of rotatable bonds is 3. The smallest absolute Gasteiger partial charge is 0.268 e. The van der Waals surface area contributed by atoms with Crippen LogP contribution in [0.2, 0.25) is 5.02 Å². The maximum Gasteiger partial charge on any atom is 0.268 e. The lowest BCUT2D eigenvalue weighted by Crippen LogP contribution is -2.56. The Morgan fingerprint density at radius 1 is 1.21 bits per heavy atom. The van der Waals surface area contributed by atoms with Gasteiger partial charge in [-0.15, -0.1) is 0 Å². The Balaban J connectivity index is 1.31. The van der Waals surface area contributed by atoms with Crippen LogP contribution in [0.25, 0.3) is 10.9 Å². The quantitative estimate of drug-likeness (QED) is 0.788. The molecule has 4 nitrogen and oxygen atoms in total. The molecule has 4 bridgehead atoms. The topological polar surface area (TPSA) is 43.3 Å². The van der Waals surface area contributed by atoms with E-state index >= 15 is 0 Å². The summed E-state index contributed by atoms with van der Waals surface area (Å²) in [6, 6.07) is 5.92. The van der Waals surface area contributed by atoms with Crippen LogP contribution < -0.4 is 10.1 Å². The van der Waals surface area contributed by atoms with Gasteiger partial charge in [-0.25, -0.2) is 0 Å². The van der Waals surface area contributed by atoms with E-state index in [9.17, 15) is 4.79 Å². The number of ether oxygens (including phenoxy) is 1. The third kappa shape index (κ3) is 2.39. The molecule has 0 unspecified atom stereocenters. The van der Waals surface area contributed by atoms with E-state index in [0.29, 0.717) is 29.3 Å². The molecule has 0 spiro atoms. The highest BCUT2D eigenvalue weighted by atomic mass is 35.5. The molecule has 4 fully saturated rings.